The number of nitrogens with one attached hydrogen (secondary N) is 1. The van der Waals surface area contributed by atoms with Crippen LogP contribution >= 0.6 is 0 Å². The monoisotopic (exact) mass is 319 g/mol. The summed E-state index contributed by atoms with van der Waals surface area (Å²) in [7, 11) is 0. The lowest BCUT2D eigenvalue weighted by Crippen LogP contribution is -2.18. The Morgan fingerprint density at radius 1 is 0.958 bits per heavy atom. The molecule has 4 heteroatoms. The molecule has 3 aromatic rings. The Morgan fingerprint density at radius 3 is 2.38 bits per heavy atom. The first-order valence-corrected chi connectivity index (χ1v) is 8.03. The summed E-state index contributed by atoms with van der Waals surface area (Å²) in [5.74, 6) is 0.805. The first-order chi connectivity index (χ1) is 11.8. The van der Waals surface area contributed by atoms with E-state index in [0.717, 1.165) is 11.5 Å². The first-order valence-electron chi connectivity index (χ1n) is 8.03. The topological polar surface area (TPSA) is 47.0 Å². The van der Waals surface area contributed by atoms with Gasteiger partial charge in [0.1, 0.15) is 12.1 Å². The van der Waals surface area contributed by atoms with E-state index in [9.17, 15) is 0 Å². The fourth-order valence-electron chi connectivity index (χ4n) is 2.49. The van der Waals surface area contributed by atoms with Crippen molar-refractivity contribution >= 4 is 5.82 Å². The molecule has 122 valence electrons. The number of aryl methyl sites for hydroxylation is 1. The predicted molar refractivity (Wildman–Crippen MR) is 95.7 cm³/mol. The van der Waals surface area contributed by atoms with E-state index < -0.39 is 0 Å². The van der Waals surface area contributed by atoms with Crippen molar-refractivity contribution in [3.05, 3.63) is 89.9 Å². The zero-order valence-electron chi connectivity index (χ0n) is 13.7. The minimum atomic E-state index is 0.0317. The van der Waals surface area contributed by atoms with Gasteiger partial charge < -0.3 is 10.1 Å². The van der Waals surface area contributed by atoms with Crippen molar-refractivity contribution in [3.63, 3.8) is 0 Å². The number of nitrogens with zero attached hydrogens (tertiary/aromatic N) is 2. The number of aromatic nitrogens is 2. The molecular formula is C20H21N3O. The van der Waals surface area contributed by atoms with Gasteiger partial charge in [0.25, 0.3) is 0 Å². The minimum Gasteiger partial charge on any atom is -0.374 e. The van der Waals surface area contributed by atoms with Gasteiger partial charge in [0, 0.05) is 11.8 Å². The molecule has 0 spiro atoms. The van der Waals surface area contributed by atoms with Crippen molar-refractivity contribution < 1.29 is 4.74 Å². The van der Waals surface area contributed by atoms with Gasteiger partial charge in [-0.2, -0.15) is 0 Å². The quantitative estimate of drug-likeness (QED) is 0.710. The molecule has 1 aromatic heterocycles. The summed E-state index contributed by atoms with van der Waals surface area (Å²) in [5.41, 5.74) is 3.27. The van der Waals surface area contributed by atoms with Crippen molar-refractivity contribution in [2.24, 2.45) is 0 Å². The predicted octanol–water partition coefficient (Wildman–Crippen LogP) is 4.16. The highest BCUT2D eigenvalue weighted by Crippen LogP contribution is 2.19. The Morgan fingerprint density at radius 2 is 1.67 bits per heavy atom. The van der Waals surface area contributed by atoms with Crippen LogP contribution in [0.5, 0.6) is 0 Å². The van der Waals surface area contributed by atoms with Crippen LogP contribution < -0.4 is 5.32 Å². The van der Waals surface area contributed by atoms with Crippen molar-refractivity contribution in [3.8, 4) is 0 Å². The van der Waals surface area contributed by atoms with E-state index in [1.807, 2.05) is 49.4 Å². The highest BCUT2D eigenvalue weighted by Gasteiger charge is 2.12. The summed E-state index contributed by atoms with van der Waals surface area (Å²) >= 11 is 0. The zero-order chi connectivity index (χ0) is 16.6. The molecule has 3 rings (SSSR count). The molecule has 0 aliphatic rings. The van der Waals surface area contributed by atoms with Crippen LogP contribution in [-0.2, 0) is 11.3 Å². The summed E-state index contributed by atoms with van der Waals surface area (Å²) in [5, 5.41) is 3.45. The van der Waals surface area contributed by atoms with E-state index in [0.29, 0.717) is 13.2 Å². The van der Waals surface area contributed by atoms with Crippen molar-refractivity contribution in [1.82, 2.24) is 9.97 Å². The second-order valence-electron chi connectivity index (χ2n) is 5.65. The van der Waals surface area contributed by atoms with Crippen LogP contribution in [0.3, 0.4) is 0 Å². The summed E-state index contributed by atoms with van der Waals surface area (Å²) in [6.45, 7) is 3.10. The standard InChI is InChI=1S/C20H21N3O/c1-16-12-20(22-15-21-16)23-19(18-10-6-3-7-11-18)14-24-13-17-8-4-2-5-9-17/h2-12,15,19H,13-14H2,1H3,(H,21,22,23). The van der Waals surface area contributed by atoms with Crippen LogP contribution in [-0.4, -0.2) is 16.6 Å². The van der Waals surface area contributed by atoms with Crippen LogP contribution in [0.15, 0.2) is 73.1 Å². The van der Waals surface area contributed by atoms with Crippen LogP contribution in [0.4, 0.5) is 5.82 Å². The maximum absolute atomic E-state index is 5.93. The molecule has 4 nitrogen and oxygen atoms in total. The molecule has 0 aliphatic carbocycles. The van der Waals surface area contributed by atoms with Crippen molar-refractivity contribution in [2.45, 2.75) is 19.6 Å². The molecule has 2 aromatic carbocycles. The third kappa shape index (κ3) is 4.64. The van der Waals surface area contributed by atoms with E-state index in [4.69, 9.17) is 4.74 Å². The Labute approximate surface area is 142 Å². The lowest BCUT2D eigenvalue weighted by molar-refractivity contribution is 0.112. The lowest BCUT2D eigenvalue weighted by Gasteiger charge is -2.20. The highest BCUT2D eigenvalue weighted by atomic mass is 16.5. The van der Waals surface area contributed by atoms with E-state index in [1.54, 1.807) is 6.33 Å². The average Bonchev–Trinajstić information content (AvgIpc) is 2.63. The molecule has 0 saturated carbocycles. The molecule has 1 N–H and O–H groups in total. The molecule has 0 bridgehead atoms. The van der Waals surface area contributed by atoms with Gasteiger partial charge in [-0.3, -0.25) is 0 Å². The van der Waals surface area contributed by atoms with Crippen LogP contribution in [0, 0.1) is 6.92 Å². The van der Waals surface area contributed by atoms with Gasteiger partial charge in [-0.05, 0) is 18.1 Å². The molecule has 1 heterocycles. The van der Waals surface area contributed by atoms with Crippen molar-refractivity contribution in [2.75, 3.05) is 11.9 Å². The number of hydrogen-bond acceptors (Lipinski definition) is 4. The SMILES string of the molecule is Cc1cc(NC(COCc2ccccc2)c2ccccc2)ncn1. The molecule has 1 unspecified atom stereocenters. The summed E-state index contributed by atoms with van der Waals surface area (Å²) in [4.78, 5) is 8.43. The van der Waals surface area contributed by atoms with Gasteiger partial charge in [-0.25, -0.2) is 9.97 Å². The molecule has 24 heavy (non-hydrogen) atoms. The van der Waals surface area contributed by atoms with Crippen LogP contribution in [0.2, 0.25) is 0 Å². The molecule has 0 radical (unpaired) electrons. The Kier molecular flexibility index (Phi) is 5.53. The third-order valence-corrected chi connectivity index (χ3v) is 3.72. The van der Waals surface area contributed by atoms with Crippen LogP contribution in [0.1, 0.15) is 22.9 Å². The van der Waals surface area contributed by atoms with Crippen LogP contribution in [0.25, 0.3) is 0 Å². The molecule has 1 atom stereocenters. The summed E-state index contributed by atoms with van der Waals surface area (Å²) in [6.07, 6.45) is 1.57. The van der Waals surface area contributed by atoms with E-state index in [2.05, 4.69) is 39.6 Å². The Hall–Kier alpha value is -2.72. The lowest BCUT2D eigenvalue weighted by atomic mass is 10.1. The molecule has 0 aliphatic heterocycles. The number of hydrogen-bond donors (Lipinski definition) is 1. The first kappa shape index (κ1) is 16.1. The largest absolute Gasteiger partial charge is 0.374 e. The van der Waals surface area contributed by atoms with Crippen molar-refractivity contribution in [1.29, 1.82) is 0 Å². The van der Waals surface area contributed by atoms with E-state index in [1.165, 1.54) is 11.1 Å². The van der Waals surface area contributed by atoms with Gasteiger partial charge in [-0.15, -0.1) is 0 Å². The molecule has 0 saturated heterocycles. The Balaban J connectivity index is 1.68. The molecule has 0 amide bonds. The number of ether oxygens (including phenoxy) is 1. The maximum atomic E-state index is 5.93. The van der Waals surface area contributed by atoms with Gasteiger partial charge in [-0.1, -0.05) is 60.7 Å². The summed E-state index contributed by atoms with van der Waals surface area (Å²) in [6, 6.07) is 22.4. The Bertz CT molecular complexity index is 747. The van der Waals surface area contributed by atoms with Gasteiger partial charge in [0.15, 0.2) is 0 Å². The number of rotatable bonds is 7. The fourth-order valence-corrected chi connectivity index (χ4v) is 2.49. The van der Waals surface area contributed by atoms with Gasteiger partial charge in [0.05, 0.1) is 19.3 Å². The zero-order valence-corrected chi connectivity index (χ0v) is 13.7. The highest BCUT2D eigenvalue weighted by molar-refractivity contribution is 5.38. The summed E-state index contributed by atoms with van der Waals surface area (Å²) < 4.78 is 5.93. The molecular weight excluding hydrogens is 298 g/mol. The molecule has 0 fully saturated rings. The maximum Gasteiger partial charge on any atom is 0.130 e. The third-order valence-electron chi connectivity index (χ3n) is 3.72. The van der Waals surface area contributed by atoms with Gasteiger partial charge >= 0.3 is 0 Å². The average molecular weight is 319 g/mol. The van der Waals surface area contributed by atoms with Gasteiger partial charge in [0.2, 0.25) is 0 Å². The smallest absolute Gasteiger partial charge is 0.130 e. The second kappa shape index (κ2) is 8.22. The second-order valence-corrected chi connectivity index (χ2v) is 5.65. The van der Waals surface area contributed by atoms with E-state index in [-0.39, 0.29) is 6.04 Å². The normalized spacial score (nSPS) is 11.9. The van der Waals surface area contributed by atoms with E-state index >= 15 is 0 Å². The number of anilines is 1. The fraction of sp³-hybridized carbons (Fsp3) is 0.200. The number of benzene rings is 2. The minimum absolute atomic E-state index is 0.0317.